The Balaban J connectivity index is 1.50. The maximum atomic E-state index is 5.61. The van der Waals surface area contributed by atoms with E-state index < -0.39 is 0 Å². The van der Waals surface area contributed by atoms with Crippen LogP contribution in [0, 0.1) is 0 Å². The van der Waals surface area contributed by atoms with Crippen molar-refractivity contribution in [3.8, 4) is 11.4 Å². The van der Waals surface area contributed by atoms with Gasteiger partial charge >= 0.3 is 0 Å². The lowest BCUT2D eigenvalue weighted by atomic mass is 10.2. The van der Waals surface area contributed by atoms with Crippen molar-refractivity contribution < 1.29 is 9.47 Å². The third-order valence-corrected chi connectivity index (χ3v) is 4.95. The molecular weight excluding hydrogens is 410 g/mol. The summed E-state index contributed by atoms with van der Waals surface area (Å²) in [6, 6.07) is 7.85. The largest absolute Gasteiger partial charge is 0.491 e. The molecule has 0 saturated carbocycles. The van der Waals surface area contributed by atoms with E-state index in [1.165, 1.54) is 0 Å². The fourth-order valence-electron chi connectivity index (χ4n) is 3.15. The molecule has 0 saturated heterocycles. The number of benzene rings is 1. The number of hydrogen-bond donors (Lipinski definition) is 2. The number of rotatable bonds is 11. The van der Waals surface area contributed by atoms with Gasteiger partial charge < -0.3 is 20.1 Å². The Morgan fingerprint density at radius 1 is 1.12 bits per heavy atom. The van der Waals surface area contributed by atoms with Crippen molar-refractivity contribution in [3.63, 3.8) is 0 Å². The Bertz CT molecular complexity index is 1140. The predicted octanol–water partition coefficient (Wildman–Crippen LogP) is 2.35. The Hall–Kier alpha value is -3.57. The van der Waals surface area contributed by atoms with Crippen molar-refractivity contribution in [1.29, 1.82) is 0 Å². The van der Waals surface area contributed by atoms with Crippen LogP contribution in [0.3, 0.4) is 0 Å². The summed E-state index contributed by atoms with van der Waals surface area (Å²) in [6.07, 6.45) is 6.35. The SMILES string of the molecule is CNCCC(C)n1cc(Nc2ncc3nnn(-c4ccc(OCCOC)cc4)c3n2)cn1. The van der Waals surface area contributed by atoms with Crippen molar-refractivity contribution >= 4 is 22.8 Å². The lowest BCUT2D eigenvalue weighted by molar-refractivity contribution is 0.146. The Labute approximate surface area is 185 Å². The topological polar surface area (TPSA) is 117 Å². The van der Waals surface area contributed by atoms with Gasteiger partial charge in [-0.25, -0.2) is 4.98 Å². The van der Waals surface area contributed by atoms with Gasteiger partial charge in [0.25, 0.3) is 0 Å². The van der Waals surface area contributed by atoms with Gasteiger partial charge in [-0.1, -0.05) is 5.21 Å². The van der Waals surface area contributed by atoms with E-state index >= 15 is 0 Å². The molecule has 3 heterocycles. The van der Waals surface area contributed by atoms with Gasteiger partial charge in [0.15, 0.2) is 11.2 Å². The zero-order valence-electron chi connectivity index (χ0n) is 18.4. The molecule has 11 nitrogen and oxygen atoms in total. The predicted molar refractivity (Wildman–Crippen MR) is 121 cm³/mol. The highest BCUT2D eigenvalue weighted by atomic mass is 16.5. The summed E-state index contributed by atoms with van der Waals surface area (Å²) in [5.74, 6) is 1.20. The van der Waals surface area contributed by atoms with Crippen LogP contribution in [0.4, 0.5) is 11.6 Å². The summed E-state index contributed by atoms with van der Waals surface area (Å²) in [5.41, 5.74) is 2.84. The fraction of sp³-hybridized carbons (Fsp3) is 0.381. The molecule has 3 aromatic heterocycles. The smallest absolute Gasteiger partial charge is 0.229 e. The van der Waals surface area contributed by atoms with Crippen LogP contribution in [0.1, 0.15) is 19.4 Å². The van der Waals surface area contributed by atoms with Crippen molar-refractivity contribution in [2.75, 3.05) is 39.2 Å². The minimum absolute atomic E-state index is 0.286. The van der Waals surface area contributed by atoms with E-state index in [1.807, 2.05) is 42.2 Å². The zero-order valence-corrected chi connectivity index (χ0v) is 18.4. The number of aromatic nitrogens is 7. The molecule has 0 amide bonds. The van der Waals surface area contributed by atoms with E-state index in [0.717, 1.165) is 30.1 Å². The minimum Gasteiger partial charge on any atom is -0.491 e. The molecule has 0 fully saturated rings. The third-order valence-electron chi connectivity index (χ3n) is 4.95. The van der Waals surface area contributed by atoms with Crippen LogP contribution in [0.25, 0.3) is 16.9 Å². The summed E-state index contributed by atoms with van der Waals surface area (Å²) in [7, 11) is 3.59. The highest BCUT2D eigenvalue weighted by Crippen LogP contribution is 2.20. The molecule has 32 heavy (non-hydrogen) atoms. The summed E-state index contributed by atoms with van der Waals surface area (Å²) < 4.78 is 14.2. The first-order valence-corrected chi connectivity index (χ1v) is 10.4. The quantitative estimate of drug-likeness (QED) is 0.341. The standard InChI is InChI=1S/C21H27N9O2/c1-15(8-9-22-2)29-14-16(12-24-29)25-21-23-13-19-20(26-21)30(28-27-19)17-4-6-18(7-5-17)32-11-10-31-3/h4-7,12-15,22H,8-11H2,1-3H3,(H,23,25,26). The van der Waals surface area contributed by atoms with Crippen LogP contribution in [-0.4, -0.2) is 68.7 Å². The van der Waals surface area contributed by atoms with E-state index in [1.54, 1.807) is 24.2 Å². The van der Waals surface area contributed by atoms with Crippen molar-refractivity contribution in [2.24, 2.45) is 0 Å². The molecule has 0 bridgehead atoms. The number of nitrogens with one attached hydrogen (secondary N) is 2. The zero-order chi connectivity index (χ0) is 22.3. The van der Waals surface area contributed by atoms with Crippen molar-refractivity contribution in [2.45, 2.75) is 19.4 Å². The number of ether oxygens (including phenoxy) is 2. The molecule has 4 rings (SSSR count). The van der Waals surface area contributed by atoms with E-state index in [4.69, 9.17) is 9.47 Å². The van der Waals surface area contributed by atoms with E-state index in [2.05, 4.69) is 42.9 Å². The first-order valence-electron chi connectivity index (χ1n) is 10.4. The van der Waals surface area contributed by atoms with Crippen LogP contribution >= 0.6 is 0 Å². The second-order valence-corrected chi connectivity index (χ2v) is 7.31. The summed E-state index contributed by atoms with van der Waals surface area (Å²) in [4.78, 5) is 8.97. The van der Waals surface area contributed by atoms with Gasteiger partial charge in [-0.3, -0.25) is 4.68 Å². The lowest BCUT2D eigenvalue weighted by Gasteiger charge is -2.11. The Kier molecular flexibility index (Phi) is 6.87. The van der Waals surface area contributed by atoms with Gasteiger partial charge in [0.1, 0.15) is 12.4 Å². The first-order chi connectivity index (χ1) is 15.7. The molecule has 0 aliphatic heterocycles. The lowest BCUT2D eigenvalue weighted by Crippen LogP contribution is -2.14. The van der Waals surface area contributed by atoms with Gasteiger partial charge in [0, 0.05) is 13.3 Å². The second kappa shape index (κ2) is 10.2. The maximum absolute atomic E-state index is 5.61. The minimum atomic E-state index is 0.286. The molecule has 0 spiro atoms. The number of hydrogen-bond acceptors (Lipinski definition) is 9. The Morgan fingerprint density at radius 3 is 2.75 bits per heavy atom. The number of anilines is 2. The molecule has 11 heteroatoms. The second-order valence-electron chi connectivity index (χ2n) is 7.31. The van der Waals surface area contributed by atoms with Crippen LogP contribution in [0.15, 0.2) is 42.9 Å². The number of nitrogens with zero attached hydrogens (tertiary/aromatic N) is 7. The molecule has 1 unspecified atom stereocenters. The van der Waals surface area contributed by atoms with Gasteiger partial charge in [0.2, 0.25) is 5.95 Å². The molecule has 1 atom stereocenters. The van der Waals surface area contributed by atoms with Gasteiger partial charge in [-0.15, -0.1) is 5.10 Å². The molecule has 1 aromatic carbocycles. The first kappa shape index (κ1) is 21.7. The number of methoxy groups -OCH3 is 1. The third kappa shape index (κ3) is 5.01. The van der Waals surface area contributed by atoms with Gasteiger partial charge in [0.05, 0.1) is 36.4 Å². The summed E-state index contributed by atoms with van der Waals surface area (Å²) in [5, 5.41) is 19.2. The van der Waals surface area contributed by atoms with Gasteiger partial charge in [-0.05, 0) is 51.2 Å². The molecule has 2 N–H and O–H groups in total. The highest BCUT2D eigenvalue weighted by Gasteiger charge is 2.12. The molecule has 0 radical (unpaired) electrons. The van der Waals surface area contributed by atoms with E-state index in [9.17, 15) is 0 Å². The summed E-state index contributed by atoms with van der Waals surface area (Å²) in [6.45, 7) is 4.10. The van der Waals surface area contributed by atoms with Crippen LogP contribution < -0.4 is 15.4 Å². The molecule has 168 valence electrons. The fourth-order valence-corrected chi connectivity index (χ4v) is 3.15. The maximum Gasteiger partial charge on any atom is 0.229 e. The van der Waals surface area contributed by atoms with E-state index in [0.29, 0.717) is 30.3 Å². The van der Waals surface area contributed by atoms with Crippen molar-refractivity contribution in [1.82, 2.24) is 40.1 Å². The monoisotopic (exact) mass is 437 g/mol. The molecule has 0 aliphatic rings. The highest BCUT2D eigenvalue weighted by molar-refractivity contribution is 5.72. The van der Waals surface area contributed by atoms with Crippen LogP contribution in [0.2, 0.25) is 0 Å². The Morgan fingerprint density at radius 2 is 1.97 bits per heavy atom. The van der Waals surface area contributed by atoms with Crippen LogP contribution in [-0.2, 0) is 4.74 Å². The average Bonchev–Trinajstić information content (AvgIpc) is 3.45. The number of fused-ring (bicyclic) bond motifs is 1. The molecule has 4 aromatic rings. The summed E-state index contributed by atoms with van der Waals surface area (Å²) >= 11 is 0. The van der Waals surface area contributed by atoms with Crippen LogP contribution in [0.5, 0.6) is 5.75 Å². The molecule has 0 aliphatic carbocycles. The molecular formula is C21H27N9O2. The van der Waals surface area contributed by atoms with Gasteiger partial charge in [-0.2, -0.15) is 14.8 Å². The normalized spacial score (nSPS) is 12.2. The van der Waals surface area contributed by atoms with E-state index in [-0.39, 0.29) is 6.04 Å². The van der Waals surface area contributed by atoms with Crippen molar-refractivity contribution in [3.05, 3.63) is 42.9 Å². The average molecular weight is 438 g/mol.